The number of carbonyl (C=O) groups excluding carboxylic acids is 2. The number of aryl methyl sites for hydroxylation is 2. The van der Waals surface area contributed by atoms with Crippen LogP contribution in [-0.4, -0.2) is 24.5 Å². The Morgan fingerprint density at radius 3 is 2.64 bits per heavy atom. The molecule has 28 heavy (non-hydrogen) atoms. The zero-order valence-electron chi connectivity index (χ0n) is 17.0. The molecule has 1 heterocycles. The van der Waals surface area contributed by atoms with Crippen LogP contribution in [0, 0.1) is 19.8 Å². The van der Waals surface area contributed by atoms with Crippen molar-refractivity contribution in [3.63, 3.8) is 0 Å². The Balaban J connectivity index is 1.63. The Labute approximate surface area is 166 Å². The molecule has 0 bridgehead atoms. The van der Waals surface area contributed by atoms with E-state index < -0.39 is 0 Å². The van der Waals surface area contributed by atoms with Crippen molar-refractivity contribution in [2.24, 2.45) is 5.92 Å². The molecule has 5 nitrogen and oxygen atoms in total. The average molecular weight is 380 g/mol. The number of amides is 2. The van der Waals surface area contributed by atoms with E-state index in [1.807, 2.05) is 70.2 Å². The molecule has 0 spiro atoms. The SMILES string of the molecule is Cc1ccc(N2C[C@@H](C(=O)NCc3ccccc3OC(C)C)CC2=O)cc1C. The van der Waals surface area contributed by atoms with E-state index >= 15 is 0 Å². The summed E-state index contributed by atoms with van der Waals surface area (Å²) in [6.07, 6.45) is 0.305. The lowest BCUT2D eigenvalue weighted by atomic mass is 10.1. The van der Waals surface area contributed by atoms with Crippen molar-refractivity contribution in [2.45, 2.75) is 46.8 Å². The lowest BCUT2D eigenvalue weighted by Gasteiger charge is -2.18. The molecule has 1 aliphatic heterocycles. The Hall–Kier alpha value is -2.82. The van der Waals surface area contributed by atoms with Gasteiger partial charge in [-0.15, -0.1) is 0 Å². The first kappa shape index (κ1) is 19.9. The fourth-order valence-corrected chi connectivity index (χ4v) is 3.37. The fourth-order valence-electron chi connectivity index (χ4n) is 3.37. The predicted octanol–water partition coefficient (Wildman–Crippen LogP) is 3.76. The van der Waals surface area contributed by atoms with Crippen LogP contribution in [0.4, 0.5) is 5.69 Å². The summed E-state index contributed by atoms with van der Waals surface area (Å²) >= 11 is 0. The third kappa shape index (κ3) is 4.53. The van der Waals surface area contributed by atoms with Crippen LogP contribution in [0.25, 0.3) is 0 Å². The van der Waals surface area contributed by atoms with E-state index in [1.165, 1.54) is 5.56 Å². The standard InChI is InChI=1S/C23H28N2O3/c1-15(2)28-21-8-6-5-7-18(21)13-24-23(27)19-12-22(26)25(14-19)20-10-9-16(3)17(4)11-20/h5-11,15,19H,12-14H2,1-4H3,(H,24,27)/t19-/m0/s1. The number of hydrogen-bond acceptors (Lipinski definition) is 3. The smallest absolute Gasteiger partial charge is 0.227 e. The van der Waals surface area contributed by atoms with E-state index in [2.05, 4.69) is 5.32 Å². The summed E-state index contributed by atoms with van der Waals surface area (Å²) in [6.45, 7) is 8.82. The number of benzene rings is 2. The third-order valence-electron chi connectivity index (χ3n) is 5.09. The van der Waals surface area contributed by atoms with Crippen molar-refractivity contribution >= 4 is 17.5 Å². The second kappa shape index (κ2) is 8.46. The van der Waals surface area contributed by atoms with Gasteiger partial charge in [-0.25, -0.2) is 0 Å². The number of rotatable bonds is 6. The van der Waals surface area contributed by atoms with Gasteiger partial charge in [-0.1, -0.05) is 24.3 Å². The monoisotopic (exact) mass is 380 g/mol. The number of para-hydroxylation sites is 1. The van der Waals surface area contributed by atoms with Gasteiger partial charge in [-0.3, -0.25) is 9.59 Å². The summed E-state index contributed by atoms with van der Waals surface area (Å²) in [7, 11) is 0. The summed E-state index contributed by atoms with van der Waals surface area (Å²) in [4.78, 5) is 26.8. The Kier molecular flexibility index (Phi) is 6.02. The molecule has 148 valence electrons. The number of carbonyl (C=O) groups is 2. The lowest BCUT2D eigenvalue weighted by Crippen LogP contribution is -2.32. The minimum atomic E-state index is -0.340. The number of ether oxygens (including phenoxy) is 1. The van der Waals surface area contributed by atoms with Gasteiger partial charge in [0.05, 0.1) is 12.0 Å². The number of anilines is 1. The quantitative estimate of drug-likeness (QED) is 0.830. The van der Waals surface area contributed by atoms with Gasteiger partial charge >= 0.3 is 0 Å². The summed E-state index contributed by atoms with van der Waals surface area (Å²) < 4.78 is 5.80. The Morgan fingerprint density at radius 2 is 1.93 bits per heavy atom. The van der Waals surface area contributed by atoms with Gasteiger partial charge in [0.2, 0.25) is 11.8 Å². The maximum atomic E-state index is 12.7. The molecule has 0 unspecified atom stereocenters. The van der Waals surface area contributed by atoms with E-state index in [1.54, 1.807) is 4.90 Å². The molecule has 1 N–H and O–H groups in total. The fraction of sp³-hybridized carbons (Fsp3) is 0.391. The first-order valence-corrected chi connectivity index (χ1v) is 9.75. The van der Waals surface area contributed by atoms with Crippen molar-refractivity contribution in [3.8, 4) is 5.75 Å². The first-order chi connectivity index (χ1) is 13.3. The third-order valence-corrected chi connectivity index (χ3v) is 5.09. The highest BCUT2D eigenvalue weighted by Gasteiger charge is 2.35. The molecule has 1 fully saturated rings. The number of nitrogens with zero attached hydrogens (tertiary/aromatic N) is 1. The molecule has 2 aromatic rings. The van der Waals surface area contributed by atoms with Crippen molar-refractivity contribution in [1.82, 2.24) is 5.32 Å². The van der Waals surface area contributed by atoms with Gasteiger partial charge in [0, 0.05) is 30.8 Å². The van der Waals surface area contributed by atoms with Gasteiger partial charge in [0.25, 0.3) is 0 Å². The van der Waals surface area contributed by atoms with E-state index in [0.717, 1.165) is 22.6 Å². The summed E-state index contributed by atoms with van der Waals surface area (Å²) in [5, 5.41) is 2.97. The van der Waals surface area contributed by atoms with E-state index in [-0.39, 0.29) is 30.3 Å². The van der Waals surface area contributed by atoms with Crippen molar-refractivity contribution in [1.29, 1.82) is 0 Å². The molecule has 3 rings (SSSR count). The van der Waals surface area contributed by atoms with Gasteiger partial charge < -0.3 is 15.0 Å². The van der Waals surface area contributed by atoms with Gasteiger partial charge in [0.15, 0.2) is 0 Å². The molecule has 2 aromatic carbocycles. The highest BCUT2D eigenvalue weighted by molar-refractivity contribution is 6.00. The molecule has 1 atom stereocenters. The van der Waals surface area contributed by atoms with Crippen LogP contribution in [0.2, 0.25) is 0 Å². The molecule has 1 saturated heterocycles. The first-order valence-electron chi connectivity index (χ1n) is 9.75. The second-order valence-corrected chi connectivity index (χ2v) is 7.67. The van der Waals surface area contributed by atoms with Gasteiger partial charge in [0.1, 0.15) is 5.75 Å². The van der Waals surface area contributed by atoms with Crippen LogP contribution in [0.3, 0.4) is 0 Å². The molecule has 5 heteroatoms. The molecular formula is C23H28N2O3. The minimum Gasteiger partial charge on any atom is -0.491 e. The summed E-state index contributed by atoms with van der Waals surface area (Å²) in [5.74, 6) is 0.329. The topological polar surface area (TPSA) is 58.6 Å². The second-order valence-electron chi connectivity index (χ2n) is 7.67. The molecule has 0 aliphatic carbocycles. The minimum absolute atomic E-state index is 0.00746. The Bertz CT molecular complexity index is 876. The largest absolute Gasteiger partial charge is 0.491 e. The maximum Gasteiger partial charge on any atom is 0.227 e. The number of hydrogen-bond donors (Lipinski definition) is 1. The van der Waals surface area contributed by atoms with Gasteiger partial charge in [-0.05, 0) is 57.0 Å². The van der Waals surface area contributed by atoms with Crippen LogP contribution in [0.1, 0.15) is 37.0 Å². The van der Waals surface area contributed by atoms with Crippen molar-refractivity contribution < 1.29 is 14.3 Å². The van der Waals surface area contributed by atoms with Crippen LogP contribution in [0.15, 0.2) is 42.5 Å². The zero-order chi connectivity index (χ0) is 20.3. The zero-order valence-corrected chi connectivity index (χ0v) is 17.0. The maximum absolute atomic E-state index is 12.7. The summed E-state index contributed by atoms with van der Waals surface area (Å²) in [6, 6.07) is 13.7. The molecule has 2 amide bonds. The van der Waals surface area contributed by atoms with Crippen molar-refractivity contribution in [3.05, 3.63) is 59.2 Å². The molecule has 0 radical (unpaired) electrons. The van der Waals surface area contributed by atoms with E-state index in [4.69, 9.17) is 4.74 Å². The highest BCUT2D eigenvalue weighted by Crippen LogP contribution is 2.27. The summed E-state index contributed by atoms with van der Waals surface area (Å²) in [5.41, 5.74) is 4.12. The number of nitrogens with one attached hydrogen (secondary N) is 1. The van der Waals surface area contributed by atoms with E-state index in [0.29, 0.717) is 13.1 Å². The highest BCUT2D eigenvalue weighted by atomic mass is 16.5. The van der Waals surface area contributed by atoms with Crippen LogP contribution in [0.5, 0.6) is 5.75 Å². The normalized spacial score (nSPS) is 16.5. The van der Waals surface area contributed by atoms with Crippen molar-refractivity contribution in [2.75, 3.05) is 11.4 Å². The van der Waals surface area contributed by atoms with Crippen LogP contribution < -0.4 is 15.0 Å². The Morgan fingerprint density at radius 1 is 1.18 bits per heavy atom. The molecule has 0 saturated carbocycles. The van der Waals surface area contributed by atoms with Crippen LogP contribution in [-0.2, 0) is 16.1 Å². The van der Waals surface area contributed by atoms with Crippen LogP contribution >= 0.6 is 0 Å². The molecular weight excluding hydrogens is 352 g/mol. The molecule has 0 aromatic heterocycles. The lowest BCUT2D eigenvalue weighted by molar-refractivity contribution is -0.126. The molecule has 1 aliphatic rings. The van der Waals surface area contributed by atoms with E-state index in [9.17, 15) is 9.59 Å². The predicted molar refractivity (Wildman–Crippen MR) is 110 cm³/mol. The average Bonchev–Trinajstić information content (AvgIpc) is 3.04. The van der Waals surface area contributed by atoms with Gasteiger partial charge in [-0.2, -0.15) is 0 Å².